The third-order valence-electron chi connectivity index (χ3n) is 5.26. The van der Waals surface area contributed by atoms with Gasteiger partial charge in [-0.25, -0.2) is 0 Å². The molecule has 5 heteroatoms. The van der Waals surface area contributed by atoms with Crippen molar-refractivity contribution in [1.82, 2.24) is 0 Å². The van der Waals surface area contributed by atoms with Crippen molar-refractivity contribution >= 4 is 76.1 Å². The Kier molecular flexibility index (Phi) is 8.51. The van der Waals surface area contributed by atoms with Gasteiger partial charge in [-0.3, -0.25) is 0 Å². The van der Waals surface area contributed by atoms with Gasteiger partial charge >= 0.3 is 213 Å². The zero-order valence-electron chi connectivity index (χ0n) is 18.4. The van der Waals surface area contributed by atoms with E-state index in [2.05, 4.69) is 122 Å². The zero-order chi connectivity index (χ0) is 22.4. The fraction of sp³-hybridized carbons (Fsp3) is 0.111. The molecule has 0 aromatic heterocycles. The number of rotatable bonds is 8. The van der Waals surface area contributed by atoms with Crippen molar-refractivity contribution in [1.29, 1.82) is 0 Å². The van der Waals surface area contributed by atoms with Crippen LogP contribution in [-0.2, 0) is 0 Å². The molecule has 0 unspecified atom stereocenters. The summed E-state index contributed by atoms with van der Waals surface area (Å²) in [5.74, 6) is -1.94. The molecular weight excluding hydrogens is 530 g/mol. The predicted molar refractivity (Wildman–Crippen MR) is 152 cm³/mol. The molecule has 0 aliphatic heterocycles. The molecule has 0 aliphatic carbocycles. The topological polar surface area (TPSA) is 0 Å². The summed E-state index contributed by atoms with van der Waals surface area (Å²) in [5, 5.41) is 4.54. The van der Waals surface area contributed by atoms with Gasteiger partial charge in [-0.15, -0.1) is 0 Å². The van der Waals surface area contributed by atoms with Crippen LogP contribution in [0.1, 0.15) is 0 Å². The molecule has 0 saturated heterocycles. The molecular formula is C27H26PS3Se+. The Hall–Kier alpha value is -1.12. The van der Waals surface area contributed by atoms with Gasteiger partial charge in [0, 0.05) is 0 Å². The average Bonchev–Trinajstić information content (AvgIpc) is 2.88. The first-order chi connectivity index (χ1) is 15.7. The maximum absolute atomic E-state index is 2.40. The Bertz CT molecular complexity index is 1060. The van der Waals surface area contributed by atoms with Crippen molar-refractivity contribution < 1.29 is 0 Å². The molecule has 0 spiro atoms. The van der Waals surface area contributed by atoms with E-state index in [9.17, 15) is 0 Å². The Morgan fingerprint density at radius 3 is 1.19 bits per heavy atom. The molecule has 162 valence electrons. The average molecular weight is 557 g/mol. The van der Waals surface area contributed by atoms with Gasteiger partial charge in [0.15, 0.2) is 0 Å². The van der Waals surface area contributed by atoms with E-state index in [1.54, 1.807) is 0 Å². The molecule has 0 N–H and O–H groups in total. The van der Waals surface area contributed by atoms with Gasteiger partial charge in [0.05, 0.1) is 0 Å². The summed E-state index contributed by atoms with van der Waals surface area (Å²) in [6.07, 6.45) is 6.64. The summed E-state index contributed by atoms with van der Waals surface area (Å²) in [6.45, 7) is 0. The molecule has 0 amide bonds. The van der Waals surface area contributed by atoms with Crippen LogP contribution < -0.4 is 20.4 Å². The molecule has 0 atom stereocenters. The van der Waals surface area contributed by atoms with Crippen LogP contribution in [0.3, 0.4) is 0 Å². The monoisotopic (exact) mass is 557 g/mol. The van der Waals surface area contributed by atoms with Crippen LogP contribution in [-0.4, -0.2) is 33.3 Å². The molecule has 0 heterocycles. The van der Waals surface area contributed by atoms with Gasteiger partial charge in [-0.05, 0) is 0 Å². The van der Waals surface area contributed by atoms with Crippen LogP contribution in [0.4, 0.5) is 0 Å². The first kappa shape index (κ1) is 24.0. The van der Waals surface area contributed by atoms with E-state index in [-0.39, 0.29) is 14.5 Å². The molecule has 0 radical (unpaired) electrons. The summed E-state index contributed by atoms with van der Waals surface area (Å²) in [5.41, 5.74) is 0. The minimum absolute atomic E-state index is 0.234. The summed E-state index contributed by atoms with van der Waals surface area (Å²) in [4.78, 5) is 4.18. The maximum atomic E-state index is 2.40. The van der Waals surface area contributed by atoms with Crippen LogP contribution in [0.15, 0.2) is 118 Å². The van der Waals surface area contributed by atoms with Crippen molar-refractivity contribution in [2.45, 2.75) is 14.7 Å². The number of hydrogen-bond acceptors (Lipinski definition) is 3. The van der Waals surface area contributed by atoms with E-state index in [0.29, 0.717) is 0 Å². The predicted octanol–water partition coefficient (Wildman–Crippen LogP) is 6.09. The first-order valence-electron chi connectivity index (χ1n) is 10.3. The molecule has 0 saturated carbocycles. The Morgan fingerprint density at radius 1 is 0.469 bits per heavy atom. The van der Waals surface area contributed by atoms with E-state index in [0.717, 1.165) is 0 Å². The summed E-state index contributed by atoms with van der Waals surface area (Å²) < 4.78 is 1.45. The van der Waals surface area contributed by atoms with Crippen molar-refractivity contribution in [3.05, 3.63) is 103 Å². The van der Waals surface area contributed by atoms with E-state index in [4.69, 9.17) is 0 Å². The Balaban J connectivity index is 2.16. The second-order valence-corrected chi connectivity index (χ2v) is 18.0. The van der Waals surface area contributed by atoms with Gasteiger partial charge in [0.25, 0.3) is 0 Å². The molecule has 4 aromatic carbocycles. The molecule has 0 bridgehead atoms. The molecule has 0 aliphatic rings. The van der Waals surface area contributed by atoms with Gasteiger partial charge in [-0.1, -0.05) is 0 Å². The second-order valence-electron chi connectivity index (χ2n) is 7.03. The number of hydrogen-bond donors (Lipinski definition) is 0. The Morgan fingerprint density at radius 2 is 0.812 bits per heavy atom. The minimum atomic E-state index is -1.94. The quantitative estimate of drug-likeness (QED) is 0.147. The van der Waals surface area contributed by atoms with Gasteiger partial charge in [-0.2, -0.15) is 0 Å². The molecule has 0 nitrogen and oxygen atoms in total. The number of thioether (sulfide) groups is 3. The SMILES string of the molecule is CSc1ccccc1[P+]([Se]c1ccccc1)(c1ccccc1SC)c1ccccc1SC. The van der Waals surface area contributed by atoms with Crippen LogP contribution in [0.5, 0.6) is 0 Å². The third-order valence-corrected chi connectivity index (χ3v) is 19.1. The van der Waals surface area contributed by atoms with Crippen molar-refractivity contribution in [2.24, 2.45) is 0 Å². The van der Waals surface area contributed by atoms with E-state index in [1.165, 1.54) is 35.1 Å². The van der Waals surface area contributed by atoms with Crippen molar-refractivity contribution in [3.63, 3.8) is 0 Å². The summed E-state index contributed by atoms with van der Waals surface area (Å²) in [7, 11) is 0. The molecule has 4 aromatic rings. The fourth-order valence-corrected chi connectivity index (χ4v) is 20.1. The van der Waals surface area contributed by atoms with Crippen LogP contribution >= 0.6 is 41.2 Å². The molecule has 0 fully saturated rings. The van der Waals surface area contributed by atoms with Crippen molar-refractivity contribution in [3.8, 4) is 0 Å². The summed E-state index contributed by atoms with van der Waals surface area (Å²) >= 11 is 5.85. The van der Waals surface area contributed by atoms with Gasteiger partial charge < -0.3 is 0 Å². The third kappa shape index (κ3) is 4.73. The fourth-order valence-electron chi connectivity index (χ4n) is 3.85. The second kappa shape index (κ2) is 11.3. The van der Waals surface area contributed by atoms with Gasteiger partial charge in [0.1, 0.15) is 0 Å². The zero-order valence-corrected chi connectivity index (χ0v) is 23.5. The number of benzene rings is 4. The Labute approximate surface area is 211 Å². The van der Waals surface area contributed by atoms with E-state index >= 15 is 0 Å². The van der Waals surface area contributed by atoms with Crippen LogP contribution in [0, 0.1) is 0 Å². The van der Waals surface area contributed by atoms with Gasteiger partial charge in [0.2, 0.25) is 0 Å². The summed E-state index contributed by atoms with van der Waals surface area (Å²) in [6, 6.07) is 38.5. The first-order valence-corrected chi connectivity index (χ1v) is 18.8. The van der Waals surface area contributed by atoms with Crippen LogP contribution in [0.25, 0.3) is 0 Å². The van der Waals surface area contributed by atoms with E-state index < -0.39 is 5.95 Å². The van der Waals surface area contributed by atoms with Crippen LogP contribution in [0.2, 0.25) is 0 Å². The molecule has 4 rings (SSSR count). The normalized spacial score (nSPS) is 11.5. The standard InChI is InChI=1S/C27H26PS3Se/c1-29-25-18-10-7-15-22(25)28(32-21-13-5-4-6-14-21,23-16-8-11-19-26(23)30-2)24-17-9-12-20-27(24)31-3/h4-20H,1-3H3/q+1. The van der Waals surface area contributed by atoms with Crippen molar-refractivity contribution in [2.75, 3.05) is 18.8 Å². The van der Waals surface area contributed by atoms with E-state index in [1.807, 2.05) is 35.3 Å². The molecule has 32 heavy (non-hydrogen) atoms.